The van der Waals surface area contributed by atoms with Gasteiger partial charge in [-0.3, -0.25) is 14.5 Å². The molecule has 4 fully saturated rings. The second-order valence-electron chi connectivity index (χ2n) is 17.5. The Hall–Kier alpha value is -3.96. The molecule has 2 amide bonds. The maximum Gasteiger partial charge on any atom is 1.00 e. The van der Waals surface area contributed by atoms with Gasteiger partial charge in [0.1, 0.15) is 17.5 Å². The van der Waals surface area contributed by atoms with Crippen molar-refractivity contribution in [1.29, 1.82) is 0 Å². The van der Waals surface area contributed by atoms with Gasteiger partial charge in [-0.1, -0.05) is 68.1 Å². The quantitative estimate of drug-likeness (QED) is 0.204. The van der Waals surface area contributed by atoms with E-state index in [1.807, 2.05) is 69.5 Å². The zero-order valence-corrected chi connectivity index (χ0v) is 40.0. The van der Waals surface area contributed by atoms with Crippen molar-refractivity contribution in [3.05, 3.63) is 71.8 Å². The minimum atomic E-state index is -0.639. The van der Waals surface area contributed by atoms with Crippen molar-refractivity contribution >= 4 is 44.4 Å². The minimum Gasteiger partial charge on any atom is -0.793 e. The van der Waals surface area contributed by atoms with Crippen LogP contribution in [0.15, 0.2) is 60.7 Å². The molecule has 0 aromatic heterocycles. The number of benzene rings is 2. The molecular formula is C45H69BN4NaO11. The van der Waals surface area contributed by atoms with Crippen molar-refractivity contribution in [2.45, 2.75) is 113 Å². The third kappa shape index (κ3) is 23.5. The number of aldehydes is 1. The van der Waals surface area contributed by atoms with Crippen LogP contribution in [0, 0.1) is 10.8 Å². The summed E-state index contributed by atoms with van der Waals surface area (Å²) in [5.74, 6) is -1.74. The van der Waals surface area contributed by atoms with Crippen LogP contribution in [-0.4, -0.2) is 123 Å². The zero-order valence-electron chi connectivity index (χ0n) is 38.0. The molecule has 0 bridgehead atoms. The van der Waals surface area contributed by atoms with Crippen LogP contribution in [-0.2, 0) is 44.8 Å². The van der Waals surface area contributed by atoms with Gasteiger partial charge >= 0.3 is 53.7 Å². The summed E-state index contributed by atoms with van der Waals surface area (Å²) in [4.78, 5) is 77.2. The monoisotopic (exact) mass is 875 g/mol. The molecule has 2 spiro atoms. The Balaban J connectivity index is 0.000000829. The fraction of sp³-hybridized carbons (Fsp3) is 0.600. The Kier molecular flexibility index (Phi) is 26.2. The summed E-state index contributed by atoms with van der Waals surface area (Å²) in [5, 5.41) is 3.38. The van der Waals surface area contributed by atoms with E-state index in [1.165, 1.54) is 25.3 Å². The van der Waals surface area contributed by atoms with Gasteiger partial charge in [0, 0.05) is 83.0 Å². The fourth-order valence-electron chi connectivity index (χ4n) is 6.97. The first-order valence-corrected chi connectivity index (χ1v) is 20.2. The molecule has 4 heterocycles. The molecule has 2 aromatic carbocycles. The third-order valence-electron chi connectivity index (χ3n) is 9.66. The average molecular weight is 876 g/mol. The number of carbonyl (C=O) groups excluding carboxylic acids is 6. The normalized spacial score (nSPS) is 19.8. The largest absolute Gasteiger partial charge is 1.00 e. The van der Waals surface area contributed by atoms with Crippen LogP contribution in [0.5, 0.6) is 0 Å². The van der Waals surface area contributed by atoms with Gasteiger partial charge < -0.3 is 37.3 Å². The maximum absolute atomic E-state index is 12.3. The van der Waals surface area contributed by atoms with Crippen LogP contribution in [0.1, 0.15) is 111 Å². The molecule has 2 unspecified atom stereocenters. The summed E-state index contributed by atoms with van der Waals surface area (Å²) in [6.45, 7) is 23.7. The van der Waals surface area contributed by atoms with E-state index in [0.717, 1.165) is 97.4 Å². The number of hydrogen-bond donors (Lipinski definition) is 1. The first kappa shape index (κ1) is 58.0. The summed E-state index contributed by atoms with van der Waals surface area (Å²) in [7, 11) is 4.32. The first-order valence-electron chi connectivity index (χ1n) is 20.2. The van der Waals surface area contributed by atoms with Crippen LogP contribution < -0.4 is 34.9 Å². The predicted octanol–water partition coefficient (Wildman–Crippen LogP) is 3.93. The number of ether oxygens (including phenoxy) is 2. The molecule has 0 saturated carbocycles. The van der Waals surface area contributed by atoms with Crippen molar-refractivity contribution in [3.8, 4) is 0 Å². The van der Waals surface area contributed by atoms with Crippen LogP contribution in [0.4, 0.5) is 9.59 Å². The molecule has 0 aliphatic carbocycles. The van der Waals surface area contributed by atoms with Crippen molar-refractivity contribution in [2.75, 3.05) is 52.4 Å². The van der Waals surface area contributed by atoms with Gasteiger partial charge in [0.25, 0.3) is 0 Å². The van der Waals surface area contributed by atoms with Gasteiger partial charge in [-0.15, -0.1) is 0 Å². The van der Waals surface area contributed by atoms with Gasteiger partial charge in [-0.05, 0) is 85.9 Å². The van der Waals surface area contributed by atoms with E-state index < -0.39 is 23.5 Å². The van der Waals surface area contributed by atoms with Crippen molar-refractivity contribution < 1.29 is 82.2 Å². The molecule has 3 radical (unpaired) electrons. The summed E-state index contributed by atoms with van der Waals surface area (Å²) in [6.07, 6.45) is 5.09. The number of nitrogens with zero attached hydrogens (tertiary/aromatic N) is 3. The number of rotatable bonds is 3. The Morgan fingerprint density at radius 2 is 1.11 bits per heavy atom. The molecular weight excluding hydrogens is 806 g/mol. The van der Waals surface area contributed by atoms with E-state index in [2.05, 4.69) is 63.0 Å². The van der Waals surface area contributed by atoms with E-state index in [-0.39, 0.29) is 60.2 Å². The van der Waals surface area contributed by atoms with Gasteiger partial charge in [-0.25, -0.2) is 29.0 Å². The van der Waals surface area contributed by atoms with Gasteiger partial charge in [0.2, 0.25) is 5.97 Å². The molecule has 17 heteroatoms. The second kappa shape index (κ2) is 28.0. The zero-order chi connectivity index (χ0) is 45.0. The van der Waals surface area contributed by atoms with Crippen LogP contribution in [0.3, 0.4) is 0 Å². The van der Waals surface area contributed by atoms with Crippen LogP contribution in [0.2, 0.25) is 0 Å². The SMILES string of the molecule is C.CC(=O)OOC(C)=O.CC(C)(C)OC(=O)N1CCC2(CCN(Cc3ccccc3)C2)C1.CC(C)(C)OC(=O)N1CCC2(CCNC2)C1.O=Cc1ccccc1.[B-]OC(C)=O.[Na+]. The number of amides is 2. The van der Waals surface area contributed by atoms with Crippen LogP contribution >= 0.6 is 0 Å². The molecule has 339 valence electrons. The van der Waals surface area contributed by atoms with Crippen molar-refractivity contribution in [3.63, 3.8) is 0 Å². The molecule has 1 N–H and O–H groups in total. The molecule has 2 atom stereocenters. The van der Waals surface area contributed by atoms with Gasteiger partial charge in [0.15, 0.2) is 0 Å². The molecule has 6 rings (SSSR count). The van der Waals surface area contributed by atoms with E-state index in [1.54, 1.807) is 12.1 Å². The van der Waals surface area contributed by atoms with Gasteiger partial charge in [-0.2, -0.15) is 0 Å². The number of nitrogens with one attached hydrogen (secondary N) is 1. The number of hydrogen-bond acceptors (Lipinski definition) is 13. The molecule has 4 saturated heterocycles. The molecule has 2 aromatic rings. The second-order valence-corrected chi connectivity index (χ2v) is 17.5. The molecule has 4 aliphatic rings. The average Bonchev–Trinajstić information content (AvgIpc) is 4.01. The van der Waals surface area contributed by atoms with Crippen molar-refractivity contribution in [1.82, 2.24) is 20.0 Å². The van der Waals surface area contributed by atoms with Crippen LogP contribution in [0.25, 0.3) is 0 Å². The topological polar surface area (TPSA) is 170 Å². The van der Waals surface area contributed by atoms with E-state index >= 15 is 0 Å². The number of likely N-dealkylation sites (tertiary alicyclic amines) is 3. The summed E-state index contributed by atoms with van der Waals surface area (Å²) >= 11 is 0. The minimum absolute atomic E-state index is 0. The van der Waals surface area contributed by atoms with Crippen molar-refractivity contribution in [2.24, 2.45) is 10.8 Å². The number of carbonyl (C=O) groups is 6. The Bertz CT molecular complexity index is 1660. The molecule has 62 heavy (non-hydrogen) atoms. The molecule has 4 aliphatic heterocycles. The first-order chi connectivity index (χ1) is 28.1. The smallest absolute Gasteiger partial charge is 0.793 e. The Labute approximate surface area is 392 Å². The van der Waals surface area contributed by atoms with Gasteiger partial charge in [0.05, 0.1) is 0 Å². The summed E-state index contributed by atoms with van der Waals surface area (Å²) in [5.41, 5.74) is 1.89. The predicted molar refractivity (Wildman–Crippen MR) is 233 cm³/mol. The standard InChI is InChI=1S/C19H28N2O2.C12H22N2O2.C7H6O.C4H6O4.C2H3BO2.CH4.Na/c1-18(2,3)23-17(22)21-12-10-19(15-21)9-11-20(14-19)13-16-7-5-4-6-8-16;1-11(2,3)16-10(15)14-7-5-12(9-14)4-6-13-8-12;8-6-7-4-2-1-3-5-7;1-3(5)7-8-4(2)6;1-2(4)5-3;;/h4-8H,9-15H2,1-3H3;13H,4-9H2,1-3H3;1-6H;1-2H3;1H3;1H4;/q;;;;-1;;+1. The molecule has 15 nitrogen and oxygen atoms in total. The summed E-state index contributed by atoms with van der Waals surface area (Å²) < 4.78 is 14.5. The third-order valence-corrected chi connectivity index (χ3v) is 9.66. The Morgan fingerprint density at radius 1 is 0.677 bits per heavy atom. The van der Waals surface area contributed by atoms with E-state index in [9.17, 15) is 28.8 Å². The fourth-order valence-corrected chi connectivity index (χ4v) is 6.97. The maximum atomic E-state index is 12.3. The van der Waals surface area contributed by atoms with E-state index in [4.69, 9.17) is 9.47 Å². The Morgan fingerprint density at radius 3 is 1.50 bits per heavy atom. The van der Waals surface area contributed by atoms with E-state index in [0.29, 0.717) is 5.41 Å². The summed E-state index contributed by atoms with van der Waals surface area (Å²) in [6, 6.07) is 19.7.